The van der Waals surface area contributed by atoms with Crippen molar-refractivity contribution < 1.29 is 14.3 Å². The lowest BCUT2D eigenvalue weighted by atomic mass is 10.00. The Morgan fingerprint density at radius 1 is 1.09 bits per heavy atom. The maximum absolute atomic E-state index is 12.3. The average molecular weight is 434 g/mol. The van der Waals surface area contributed by atoms with Gasteiger partial charge in [0.15, 0.2) is 0 Å². The Labute approximate surface area is 187 Å². The highest BCUT2D eigenvalue weighted by molar-refractivity contribution is 5.89. The molecule has 1 N–H and O–H groups in total. The number of hydrogen-bond donors (Lipinski definition) is 1. The first kappa shape index (κ1) is 21.5. The maximum Gasteiger partial charge on any atom is 0.417 e. The van der Waals surface area contributed by atoms with Gasteiger partial charge in [0.25, 0.3) is 0 Å². The van der Waals surface area contributed by atoms with Crippen molar-refractivity contribution in [3.05, 3.63) is 66.0 Å². The van der Waals surface area contributed by atoms with E-state index in [9.17, 15) is 4.79 Å². The first-order valence-electron chi connectivity index (χ1n) is 10.7. The molecule has 0 unspecified atom stereocenters. The molecule has 1 aliphatic heterocycles. The quantitative estimate of drug-likeness (QED) is 0.543. The summed E-state index contributed by atoms with van der Waals surface area (Å²) in [5.74, 6) is 2.78. The number of cyclic esters (lactones) is 1. The number of hydrogen-bond acceptors (Lipinski definition) is 7. The van der Waals surface area contributed by atoms with Crippen molar-refractivity contribution in [1.29, 1.82) is 0 Å². The highest BCUT2D eigenvalue weighted by Crippen LogP contribution is 2.31. The molecule has 4 rings (SSSR count). The Bertz CT molecular complexity index is 1090. The summed E-state index contributed by atoms with van der Waals surface area (Å²) in [5.41, 5.74) is 0.562. The molecule has 8 heteroatoms. The summed E-state index contributed by atoms with van der Waals surface area (Å²) >= 11 is 0. The Morgan fingerprint density at radius 3 is 2.47 bits per heavy atom. The fraction of sp³-hybridized carbons (Fsp3) is 0.333. The van der Waals surface area contributed by atoms with Crippen LogP contribution in [0.3, 0.4) is 0 Å². The number of para-hydroxylation sites is 1. The van der Waals surface area contributed by atoms with Crippen molar-refractivity contribution in [2.24, 2.45) is 0 Å². The Hall–Kier alpha value is -3.68. The normalized spacial score (nSPS) is 18.9. The summed E-state index contributed by atoms with van der Waals surface area (Å²) in [6.07, 6.45) is 0.285. The van der Waals surface area contributed by atoms with Gasteiger partial charge in [-0.05, 0) is 57.0 Å². The first-order chi connectivity index (χ1) is 15.4. The number of nitrogens with one attached hydrogen (secondary N) is 1. The number of benzene rings is 2. The molecule has 1 fully saturated rings. The van der Waals surface area contributed by atoms with Crippen molar-refractivity contribution in [2.75, 3.05) is 16.8 Å². The Balaban J connectivity index is 1.50. The van der Waals surface area contributed by atoms with Crippen LogP contribution < -0.4 is 15.0 Å². The molecule has 0 aliphatic carbocycles. The number of aromatic nitrogens is 3. The fourth-order valence-corrected chi connectivity index (χ4v) is 3.51. The van der Waals surface area contributed by atoms with E-state index in [-0.39, 0.29) is 6.04 Å². The van der Waals surface area contributed by atoms with Gasteiger partial charge in [0.2, 0.25) is 11.9 Å². The smallest absolute Gasteiger partial charge is 0.417 e. The van der Waals surface area contributed by atoms with E-state index in [2.05, 4.69) is 20.3 Å². The largest absolute Gasteiger partial charge is 0.457 e. The van der Waals surface area contributed by atoms with Crippen molar-refractivity contribution in [3.8, 4) is 11.5 Å². The van der Waals surface area contributed by atoms with E-state index in [1.807, 2.05) is 75.4 Å². The van der Waals surface area contributed by atoms with E-state index in [1.54, 1.807) is 6.92 Å². The van der Waals surface area contributed by atoms with Crippen LogP contribution in [0.5, 0.6) is 11.5 Å². The second kappa shape index (κ2) is 8.82. The van der Waals surface area contributed by atoms with Gasteiger partial charge in [-0.1, -0.05) is 37.3 Å². The van der Waals surface area contributed by atoms with E-state index in [4.69, 9.17) is 9.47 Å². The monoisotopic (exact) mass is 433 g/mol. The van der Waals surface area contributed by atoms with Gasteiger partial charge >= 0.3 is 6.09 Å². The molecule has 32 heavy (non-hydrogen) atoms. The van der Waals surface area contributed by atoms with Crippen LogP contribution in [-0.4, -0.2) is 33.2 Å². The topological polar surface area (TPSA) is 89.5 Å². The number of nitrogens with zero attached hydrogens (tertiary/aromatic N) is 4. The average Bonchev–Trinajstić information content (AvgIpc) is 3.09. The van der Waals surface area contributed by atoms with Gasteiger partial charge in [0.1, 0.15) is 23.9 Å². The highest BCUT2D eigenvalue weighted by Gasteiger charge is 2.45. The third kappa shape index (κ3) is 4.49. The Morgan fingerprint density at radius 2 is 1.78 bits per heavy atom. The van der Waals surface area contributed by atoms with Gasteiger partial charge in [-0.3, -0.25) is 0 Å². The Kier molecular flexibility index (Phi) is 5.94. The SMILES string of the molecule is CC[C@@]1(C)COC(=O)N1c1nc(C)nc(N[C@@H](C)c2ccc(Oc3ccccc3)cc2)n1. The van der Waals surface area contributed by atoms with Crippen LogP contribution in [0.25, 0.3) is 0 Å². The van der Waals surface area contributed by atoms with Crippen molar-refractivity contribution in [3.63, 3.8) is 0 Å². The molecule has 1 saturated heterocycles. The molecule has 0 saturated carbocycles. The number of aryl methyl sites for hydroxylation is 1. The molecular weight excluding hydrogens is 406 g/mol. The van der Waals surface area contributed by atoms with E-state index >= 15 is 0 Å². The molecule has 166 valence electrons. The zero-order valence-corrected chi connectivity index (χ0v) is 18.7. The molecule has 0 bridgehead atoms. The summed E-state index contributed by atoms with van der Waals surface area (Å²) in [5, 5.41) is 3.31. The molecule has 0 spiro atoms. The molecule has 8 nitrogen and oxygen atoms in total. The lowest BCUT2D eigenvalue weighted by Crippen LogP contribution is -2.45. The van der Waals surface area contributed by atoms with Gasteiger partial charge in [0, 0.05) is 0 Å². The molecular formula is C24H27N5O3. The molecule has 0 radical (unpaired) electrons. The zero-order chi connectivity index (χ0) is 22.7. The van der Waals surface area contributed by atoms with Gasteiger partial charge in [0.05, 0.1) is 11.6 Å². The van der Waals surface area contributed by atoms with Crippen LogP contribution in [-0.2, 0) is 4.74 Å². The number of carbonyl (C=O) groups excluding carboxylic acids is 1. The summed E-state index contributed by atoms with van der Waals surface area (Å²) in [4.78, 5) is 27.2. The van der Waals surface area contributed by atoms with Crippen molar-refractivity contribution in [1.82, 2.24) is 15.0 Å². The number of ether oxygens (including phenoxy) is 2. The van der Waals surface area contributed by atoms with E-state index in [0.29, 0.717) is 24.3 Å². The van der Waals surface area contributed by atoms with E-state index in [1.165, 1.54) is 4.90 Å². The molecule has 3 aromatic rings. The minimum absolute atomic E-state index is 0.0708. The van der Waals surface area contributed by atoms with Crippen LogP contribution >= 0.6 is 0 Å². The minimum Gasteiger partial charge on any atom is -0.457 e. The molecule has 2 atom stereocenters. The second-order valence-electron chi connectivity index (χ2n) is 8.10. The van der Waals surface area contributed by atoms with Crippen molar-refractivity contribution in [2.45, 2.75) is 45.7 Å². The lowest BCUT2D eigenvalue weighted by Gasteiger charge is -2.29. The predicted molar refractivity (Wildman–Crippen MR) is 122 cm³/mol. The van der Waals surface area contributed by atoms with Crippen LogP contribution in [0.1, 0.15) is 44.6 Å². The number of rotatable bonds is 7. The molecule has 2 aromatic carbocycles. The summed E-state index contributed by atoms with van der Waals surface area (Å²) in [7, 11) is 0. The van der Waals surface area contributed by atoms with Crippen molar-refractivity contribution >= 4 is 18.0 Å². The van der Waals surface area contributed by atoms with Gasteiger partial charge < -0.3 is 14.8 Å². The number of anilines is 2. The van der Waals surface area contributed by atoms with Gasteiger partial charge in [-0.25, -0.2) is 9.69 Å². The molecule has 1 amide bonds. The summed E-state index contributed by atoms with van der Waals surface area (Å²) < 4.78 is 11.1. The second-order valence-corrected chi connectivity index (χ2v) is 8.10. The van der Waals surface area contributed by atoms with E-state index in [0.717, 1.165) is 23.5 Å². The highest BCUT2D eigenvalue weighted by atomic mass is 16.6. The molecule has 1 aromatic heterocycles. The van der Waals surface area contributed by atoms with E-state index < -0.39 is 11.6 Å². The standard InChI is InChI=1S/C24H27N5O3/c1-5-24(4)15-31-23(30)29(24)22-27-17(3)26-21(28-22)25-16(2)18-11-13-20(14-12-18)32-19-9-7-6-8-10-19/h6-14,16H,5,15H2,1-4H3,(H,25,26,27,28)/t16-,24-/m0/s1. The van der Waals surface area contributed by atoms with Crippen LogP contribution in [0.4, 0.5) is 16.7 Å². The maximum atomic E-state index is 12.3. The molecule has 1 aliphatic rings. The lowest BCUT2D eigenvalue weighted by molar-refractivity contribution is 0.173. The summed E-state index contributed by atoms with van der Waals surface area (Å²) in [6, 6.07) is 17.4. The van der Waals surface area contributed by atoms with Gasteiger partial charge in [-0.15, -0.1) is 0 Å². The van der Waals surface area contributed by atoms with Crippen LogP contribution in [0, 0.1) is 6.92 Å². The fourth-order valence-electron chi connectivity index (χ4n) is 3.51. The number of carbonyl (C=O) groups is 1. The predicted octanol–water partition coefficient (Wildman–Crippen LogP) is 5.27. The summed E-state index contributed by atoms with van der Waals surface area (Å²) in [6.45, 7) is 8.08. The zero-order valence-electron chi connectivity index (χ0n) is 18.7. The minimum atomic E-state index is -0.484. The van der Waals surface area contributed by atoms with Crippen LogP contribution in [0.15, 0.2) is 54.6 Å². The molecule has 2 heterocycles. The van der Waals surface area contributed by atoms with Gasteiger partial charge in [-0.2, -0.15) is 15.0 Å². The first-order valence-corrected chi connectivity index (χ1v) is 10.7. The van der Waals surface area contributed by atoms with Crippen LogP contribution in [0.2, 0.25) is 0 Å². The third-order valence-corrected chi connectivity index (χ3v) is 5.63. The number of amides is 1. The third-order valence-electron chi connectivity index (χ3n) is 5.63.